The Morgan fingerprint density at radius 1 is 1.21 bits per heavy atom. The van der Waals surface area contributed by atoms with Gasteiger partial charge in [0, 0.05) is 36.5 Å². The van der Waals surface area contributed by atoms with Crippen LogP contribution in [0.1, 0.15) is 46.1 Å². The van der Waals surface area contributed by atoms with Crippen LogP contribution in [0.4, 0.5) is 19.3 Å². The number of nitrogens with one attached hydrogen (secondary N) is 1. The molecule has 1 aromatic heterocycles. The highest BCUT2D eigenvalue weighted by atomic mass is 19.2. The third kappa shape index (κ3) is 2.97. The van der Waals surface area contributed by atoms with Crippen LogP contribution < -0.4 is 11.1 Å². The summed E-state index contributed by atoms with van der Waals surface area (Å²) >= 11 is 0. The van der Waals surface area contributed by atoms with Crippen molar-refractivity contribution in [1.29, 1.82) is 5.26 Å². The van der Waals surface area contributed by atoms with Gasteiger partial charge >= 0.3 is 6.03 Å². The first-order valence-electron chi connectivity index (χ1n) is 8.86. The largest absolute Gasteiger partial charge is 0.366 e. The molecule has 1 aliphatic heterocycles. The Kier molecular flexibility index (Phi) is 4.26. The second-order valence-electron chi connectivity index (χ2n) is 6.96. The van der Waals surface area contributed by atoms with Crippen LogP contribution in [-0.2, 0) is 13.1 Å². The summed E-state index contributed by atoms with van der Waals surface area (Å²) in [6.07, 6.45) is 1.91. The predicted octanol–water partition coefficient (Wildman–Crippen LogP) is 2.66. The van der Waals surface area contributed by atoms with E-state index in [2.05, 4.69) is 11.4 Å². The summed E-state index contributed by atoms with van der Waals surface area (Å²) in [6.45, 7) is 0.865. The van der Waals surface area contributed by atoms with E-state index in [-0.39, 0.29) is 23.7 Å². The zero-order chi connectivity index (χ0) is 20.0. The van der Waals surface area contributed by atoms with Crippen molar-refractivity contribution in [3.8, 4) is 6.07 Å². The van der Waals surface area contributed by atoms with Crippen LogP contribution in [0.2, 0.25) is 0 Å². The highest BCUT2D eigenvalue weighted by Crippen LogP contribution is 2.44. The molecule has 3 N–H and O–H groups in total. The predicted molar refractivity (Wildman–Crippen MR) is 95.4 cm³/mol. The Morgan fingerprint density at radius 2 is 1.96 bits per heavy atom. The van der Waals surface area contributed by atoms with Gasteiger partial charge in [-0.15, -0.1) is 0 Å². The van der Waals surface area contributed by atoms with E-state index in [1.54, 1.807) is 0 Å². The Labute approximate surface area is 159 Å². The van der Waals surface area contributed by atoms with Gasteiger partial charge in [-0.25, -0.2) is 13.6 Å². The molecular formula is C19H17F2N5O2. The van der Waals surface area contributed by atoms with Crippen molar-refractivity contribution >= 4 is 17.6 Å². The molecule has 144 valence electrons. The van der Waals surface area contributed by atoms with E-state index in [1.165, 1.54) is 11.0 Å². The fourth-order valence-electron chi connectivity index (χ4n) is 3.70. The number of benzene rings is 1. The quantitative estimate of drug-likeness (QED) is 0.849. The lowest BCUT2D eigenvalue weighted by atomic mass is 10.1. The number of rotatable bonds is 3. The van der Waals surface area contributed by atoms with Crippen molar-refractivity contribution in [2.75, 3.05) is 11.9 Å². The van der Waals surface area contributed by atoms with E-state index >= 15 is 0 Å². The number of carbonyl (C=O) groups is 2. The maximum Gasteiger partial charge on any atom is 0.322 e. The molecule has 2 aromatic rings. The van der Waals surface area contributed by atoms with Crippen molar-refractivity contribution in [3.63, 3.8) is 0 Å². The smallest absolute Gasteiger partial charge is 0.322 e. The monoisotopic (exact) mass is 385 g/mol. The van der Waals surface area contributed by atoms with Gasteiger partial charge in [-0.3, -0.25) is 4.79 Å². The molecule has 28 heavy (non-hydrogen) atoms. The van der Waals surface area contributed by atoms with E-state index in [1.807, 2.05) is 4.57 Å². The number of hydrogen-bond acceptors (Lipinski definition) is 3. The highest BCUT2D eigenvalue weighted by molar-refractivity contribution is 5.98. The first-order chi connectivity index (χ1) is 13.4. The van der Waals surface area contributed by atoms with Gasteiger partial charge in [0.05, 0.1) is 23.4 Å². The first kappa shape index (κ1) is 18.0. The maximum absolute atomic E-state index is 13.4. The summed E-state index contributed by atoms with van der Waals surface area (Å²) in [6, 6.07) is 4.67. The number of hydrogen-bond donors (Lipinski definition) is 2. The Bertz CT molecular complexity index is 1040. The molecule has 1 fully saturated rings. The summed E-state index contributed by atoms with van der Waals surface area (Å²) in [5, 5.41) is 12.1. The molecule has 0 bridgehead atoms. The van der Waals surface area contributed by atoms with Gasteiger partial charge in [-0.1, -0.05) is 0 Å². The van der Waals surface area contributed by atoms with Gasteiger partial charge in [0.1, 0.15) is 6.07 Å². The molecule has 0 spiro atoms. The third-order valence-electron chi connectivity index (χ3n) is 5.13. The summed E-state index contributed by atoms with van der Waals surface area (Å²) in [4.78, 5) is 26.0. The summed E-state index contributed by atoms with van der Waals surface area (Å²) in [7, 11) is 0. The second-order valence-corrected chi connectivity index (χ2v) is 6.96. The molecule has 0 unspecified atom stereocenters. The van der Waals surface area contributed by atoms with Gasteiger partial charge in [0.25, 0.3) is 5.91 Å². The fraction of sp³-hybridized carbons (Fsp3) is 0.316. The molecule has 1 aromatic carbocycles. The van der Waals surface area contributed by atoms with Crippen LogP contribution in [-0.4, -0.2) is 28.0 Å². The van der Waals surface area contributed by atoms with Gasteiger partial charge in [0.2, 0.25) is 0 Å². The van der Waals surface area contributed by atoms with E-state index in [4.69, 9.17) is 5.73 Å². The number of urea groups is 1. The van der Waals surface area contributed by atoms with Crippen molar-refractivity contribution in [2.45, 2.75) is 31.8 Å². The molecule has 2 aliphatic rings. The van der Waals surface area contributed by atoms with Crippen molar-refractivity contribution < 1.29 is 18.4 Å². The number of carbonyl (C=O) groups excluding carboxylic acids is 2. The number of amides is 3. The second kappa shape index (κ2) is 6.64. The molecule has 7 nitrogen and oxygen atoms in total. The maximum atomic E-state index is 13.4. The van der Waals surface area contributed by atoms with Gasteiger partial charge in [-0.05, 0) is 25.0 Å². The topological polar surface area (TPSA) is 104 Å². The Hall–Kier alpha value is -3.41. The zero-order valence-electron chi connectivity index (χ0n) is 14.8. The minimum absolute atomic E-state index is 0.0924. The molecule has 1 saturated carbocycles. The first-order valence-corrected chi connectivity index (χ1v) is 8.86. The fourth-order valence-corrected chi connectivity index (χ4v) is 3.70. The van der Waals surface area contributed by atoms with Crippen LogP contribution in [0.25, 0.3) is 0 Å². The van der Waals surface area contributed by atoms with Crippen molar-refractivity contribution in [2.24, 2.45) is 5.73 Å². The molecule has 0 saturated heterocycles. The average molecular weight is 385 g/mol. The molecule has 2 heterocycles. The Balaban J connectivity index is 1.62. The van der Waals surface area contributed by atoms with Crippen LogP contribution in [0.15, 0.2) is 18.2 Å². The average Bonchev–Trinajstić information content (AvgIpc) is 3.44. The molecule has 0 atom stereocenters. The normalized spacial score (nSPS) is 15.7. The number of fused-ring (bicyclic) bond motifs is 1. The summed E-state index contributed by atoms with van der Waals surface area (Å²) in [5.74, 6) is -2.52. The van der Waals surface area contributed by atoms with E-state index in [9.17, 15) is 23.6 Å². The number of nitriles is 1. The third-order valence-corrected chi connectivity index (χ3v) is 5.13. The molecule has 3 amide bonds. The molecular weight excluding hydrogens is 368 g/mol. The van der Waals surface area contributed by atoms with Crippen LogP contribution >= 0.6 is 0 Å². The van der Waals surface area contributed by atoms with Crippen LogP contribution in [0.3, 0.4) is 0 Å². The van der Waals surface area contributed by atoms with E-state index in [0.717, 1.165) is 30.7 Å². The molecule has 4 rings (SSSR count). The zero-order valence-corrected chi connectivity index (χ0v) is 14.8. The molecule has 0 radical (unpaired) electrons. The van der Waals surface area contributed by atoms with Gasteiger partial charge in [-0.2, -0.15) is 5.26 Å². The van der Waals surface area contributed by atoms with Crippen molar-refractivity contribution in [3.05, 3.63) is 52.3 Å². The van der Waals surface area contributed by atoms with Crippen LogP contribution in [0, 0.1) is 23.0 Å². The summed E-state index contributed by atoms with van der Waals surface area (Å²) in [5.41, 5.74) is 7.47. The number of aromatic nitrogens is 1. The SMILES string of the molecule is N#Cc1c(C(N)=O)c2n(c1C1CC1)CCN(C(=O)Nc1ccc(F)c(F)c1)C2. The Morgan fingerprint density at radius 3 is 2.57 bits per heavy atom. The minimum atomic E-state index is -1.06. The van der Waals surface area contributed by atoms with Gasteiger partial charge < -0.3 is 20.5 Å². The summed E-state index contributed by atoms with van der Waals surface area (Å²) < 4.78 is 28.3. The van der Waals surface area contributed by atoms with Gasteiger partial charge in [0.15, 0.2) is 11.6 Å². The minimum Gasteiger partial charge on any atom is -0.366 e. The lowest BCUT2D eigenvalue weighted by Gasteiger charge is -2.30. The van der Waals surface area contributed by atoms with E-state index < -0.39 is 23.6 Å². The number of primary amides is 1. The lowest BCUT2D eigenvalue weighted by molar-refractivity contribution is 0.0997. The number of anilines is 1. The standard InChI is InChI=1S/C19H17F2N5O2/c20-13-4-3-11(7-14(13)21)24-19(28)25-5-6-26-15(9-25)16(18(23)27)12(8-22)17(26)10-1-2-10/h3-4,7,10H,1-2,5-6,9H2,(H2,23,27)(H,24,28). The number of nitrogens with two attached hydrogens (primary N) is 1. The number of nitrogens with zero attached hydrogens (tertiary/aromatic N) is 3. The molecule has 1 aliphatic carbocycles. The number of halogens is 2. The highest BCUT2D eigenvalue weighted by Gasteiger charge is 2.37. The van der Waals surface area contributed by atoms with Crippen molar-refractivity contribution in [1.82, 2.24) is 9.47 Å². The lowest BCUT2D eigenvalue weighted by Crippen LogP contribution is -2.41. The van der Waals surface area contributed by atoms with E-state index in [0.29, 0.717) is 24.3 Å². The van der Waals surface area contributed by atoms with Crippen LogP contribution in [0.5, 0.6) is 0 Å². The molecule has 9 heteroatoms.